The van der Waals surface area contributed by atoms with Gasteiger partial charge in [-0.05, 0) is 72.1 Å². The van der Waals surface area contributed by atoms with Gasteiger partial charge < -0.3 is 13.9 Å². The van der Waals surface area contributed by atoms with E-state index >= 15 is 0 Å². The number of nitrogens with zero attached hydrogens (tertiary/aromatic N) is 3. The van der Waals surface area contributed by atoms with E-state index in [1.54, 1.807) is 0 Å². The van der Waals surface area contributed by atoms with Crippen molar-refractivity contribution in [3.05, 3.63) is 152 Å². The minimum atomic E-state index is 0.784. The smallest absolute Gasteiger partial charge is 0.161 e. The van der Waals surface area contributed by atoms with E-state index in [4.69, 9.17) is 4.42 Å². The molecule has 0 saturated carbocycles. The highest BCUT2D eigenvalue weighted by Crippen LogP contribution is 2.42. The van der Waals surface area contributed by atoms with Crippen LogP contribution in [-0.2, 0) is 0 Å². The maximum atomic E-state index is 6.42. The third kappa shape index (κ3) is 3.60. The van der Waals surface area contributed by atoms with Gasteiger partial charge in [0, 0.05) is 44.8 Å². The molecule has 4 nitrogen and oxygen atoms in total. The van der Waals surface area contributed by atoms with Crippen LogP contribution in [0.2, 0.25) is 0 Å². The quantitative estimate of drug-likeness (QED) is 0.218. The lowest BCUT2D eigenvalue weighted by Gasteiger charge is -2.25. The van der Waals surface area contributed by atoms with Crippen molar-refractivity contribution >= 4 is 71.7 Å². The van der Waals surface area contributed by atoms with Crippen molar-refractivity contribution in [1.29, 1.82) is 0 Å². The van der Waals surface area contributed by atoms with Crippen LogP contribution in [0, 0.1) is 0 Å². The van der Waals surface area contributed by atoms with E-state index in [9.17, 15) is 0 Å². The van der Waals surface area contributed by atoms with Gasteiger partial charge in [-0.25, -0.2) is 0 Å². The van der Waals surface area contributed by atoms with Crippen LogP contribution in [0.4, 0.5) is 17.1 Å². The number of hydrogen-bond acceptors (Lipinski definition) is 3. The Hall–Kier alpha value is -5.87. The molecule has 0 amide bonds. The van der Waals surface area contributed by atoms with Gasteiger partial charge in [-0.3, -0.25) is 4.98 Å². The Morgan fingerprint density at radius 2 is 1.28 bits per heavy atom. The predicted molar refractivity (Wildman–Crippen MR) is 178 cm³/mol. The summed E-state index contributed by atoms with van der Waals surface area (Å²) in [6, 6.07) is 51.2. The zero-order valence-electron chi connectivity index (χ0n) is 23.2. The first-order valence-corrected chi connectivity index (χ1v) is 14.5. The standard InChI is InChI=1S/C39H25N3O/c1-2-11-27(12-3-1)41(35-17-8-15-33-37-36(43-39(33)35)18-9-25-40-37)28-20-22-29(23-21-28)42-34-16-7-6-14-31(34)32-24-19-26-10-4-5-13-30(26)38(32)42/h1-25H. The number of anilines is 3. The monoisotopic (exact) mass is 551 g/mol. The Kier molecular flexibility index (Phi) is 5.16. The minimum Gasteiger partial charge on any atom is -0.452 e. The maximum absolute atomic E-state index is 6.42. The normalized spacial score (nSPS) is 11.7. The number of benzene rings is 6. The van der Waals surface area contributed by atoms with Gasteiger partial charge in [0.15, 0.2) is 11.2 Å². The summed E-state index contributed by atoms with van der Waals surface area (Å²) < 4.78 is 8.82. The molecule has 0 aliphatic carbocycles. The molecule has 6 aromatic carbocycles. The lowest BCUT2D eigenvalue weighted by atomic mass is 10.1. The van der Waals surface area contributed by atoms with Crippen LogP contribution >= 0.6 is 0 Å². The van der Waals surface area contributed by atoms with Gasteiger partial charge in [-0.15, -0.1) is 0 Å². The number of para-hydroxylation sites is 3. The molecule has 43 heavy (non-hydrogen) atoms. The van der Waals surface area contributed by atoms with Crippen molar-refractivity contribution in [3.8, 4) is 5.69 Å². The van der Waals surface area contributed by atoms with E-state index < -0.39 is 0 Å². The number of hydrogen-bond donors (Lipinski definition) is 0. The van der Waals surface area contributed by atoms with Crippen LogP contribution in [0.5, 0.6) is 0 Å². The molecule has 0 atom stereocenters. The molecule has 0 aliphatic rings. The Bertz CT molecular complexity index is 2450. The SMILES string of the molecule is c1ccc(N(c2ccc(-n3c4ccccc4c4ccc5ccccc5c43)cc2)c2cccc3c2oc2cccnc23)cc1. The van der Waals surface area contributed by atoms with Crippen molar-refractivity contribution < 1.29 is 4.42 Å². The second kappa shape index (κ2) is 9.33. The average Bonchev–Trinajstić information content (AvgIpc) is 3.63. The van der Waals surface area contributed by atoms with E-state index in [-0.39, 0.29) is 0 Å². The molecule has 202 valence electrons. The molecule has 3 heterocycles. The lowest BCUT2D eigenvalue weighted by Crippen LogP contribution is -2.10. The highest BCUT2D eigenvalue weighted by molar-refractivity contribution is 6.18. The van der Waals surface area contributed by atoms with Crippen molar-refractivity contribution in [3.63, 3.8) is 0 Å². The third-order valence-electron chi connectivity index (χ3n) is 8.41. The van der Waals surface area contributed by atoms with Gasteiger partial charge in [0.2, 0.25) is 0 Å². The summed E-state index contributed by atoms with van der Waals surface area (Å²) in [6.45, 7) is 0. The summed E-state index contributed by atoms with van der Waals surface area (Å²) in [5.41, 5.74) is 9.09. The van der Waals surface area contributed by atoms with Crippen molar-refractivity contribution in [2.45, 2.75) is 0 Å². The molecule has 9 rings (SSSR count). The molecule has 3 aromatic heterocycles. The van der Waals surface area contributed by atoms with Crippen LogP contribution < -0.4 is 4.90 Å². The summed E-state index contributed by atoms with van der Waals surface area (Å²) in [5.74, 6) is 0. The Labute approximate surface area is 247 Å². The largest absolute Gasteiger partial charge is 0.452 e. The van der Waals surface area contributed by atoms with E-state index in [0.29, 0.717) is 0 Å². The molecule has 0 aliphatic heterocycles. The predicted octanol–water partition coefficient (Wildman–Crippen LogP) is 10.7. The van der Waals surface area contributed by atoms with Gasteiger partial charge in [0.05, 0.1) is 16.7 Å². The number of rotatable bonds is 4. The fourth-order valence-corrected chi connectivity index (χ4v) is 6.53. The van der Waals surface area contributed by atoms with Crippen molar-refractivity contribution in [2.24, 2.45) is 0 Å². The van der Waals surface area contributed by atoms with Gasteiger partial charge in [0.25, 0.3) is 0 Å². The fraction of sp³-hybridized carbons (Fsp3) is 0. The first-order valence-electron chi connectivity index (χ1n) is 14.5. The highest BCUT2D eigenvalue weighted by Gasteiger charge is 2.20. The third-order valence-corrected chi connectivity index (χ3v) is 8.41. The second-order valence-corrected chi connectivity index (χ2v) is 10.8. The summed E-state index contributed by atoms with van der Waals surface area (Å²) in [5, 5.41) is 6.00. The topological polar surface area (TPSA) is 34.2 Å². The summed E-state index contributed by atoms with van der Waals surface area (Å²) in [6.07, 6.45) is 1.81. The van der Waals surface area contributed by atoms with Crippen molar-refractivity contribution in [1.82, 2.24) is 9.55 Å². The van der Waals surface area contributed by atoms with Gasteiger partial charge in [0.1, 0.15) is 5.52 Å². The molecule has 0 bridgehead atoms. The molecule has 0 saturated heterocycles. The molecule has 0 unspecified atom stereocenters. The molecule has 0 spiro atoms. The summed E-state index contributed by atoms with van der Waals surface area (Å²) in [7, 11) is 0. The van der Waals surface area contributed by atoms with Gasteiger partial charge in [-0.2, -0.15) is 0 Å². The Morgan fingerprint density at radius 3 is 2.16 bits per heavy atom. The van der Waals surface area contributed by atoms with Crippen LogP contribution in [0.25, 0.3) is 60.3 Å². The van der Waals surface area contributed by atoms with Crippen LogP contribution in [0.15, 0.2) is 156 Å². The molecule has 9 aromatic rings. The Morgan fingerprint density at radius 1 is 0.535 bits per heavy atom. The molecule has 4 heteroatoms. The minimum absolute atomic E-state index is 0.784. The highest BCUT2D eigenvalue weighted by atomic mass is 16.3. The number of fused-ring (bicyclic) bond motifs is 8. The van der Waals surface area contributed by atoms with E-state index in [2.05, 4.69) is 142 Å². The Balaban J connectivity index is 1.26. The van der Waals surface area contributed by atoms with Gasteiger partial charge in [-0.1, -0.05) is 78.9 Å². The number of furan rings is 1. The summed E-state index contributed by atoms with van der Waals surface area (Å²) >= 11 is 0. The molecular formula is C39H25N3O. The number of pyridine rings is 1. The molecule has 0 N–H and O–H groups in total. The second-order valence-electron chi connectivity index (χ2n) is 10.8. The zero-order chi connectivity index (χ0) is 28.3. The first-order chi connectivity index (χ1) is 21.3. The number of aromatic nitrogens is 2. The van der Waals surface area contributed by atoms with Gasteiger partial charge >= 0.3 is 0 Å². The van der Waals surface area contributed by atoms with E-state index in [1.165, 1.54) is 32.6 Å². The lowest BCUT2D eigenvalue weighted by molar-refractivity contribution is 0.668. The van der Waals surface area contributed by atoms with E-state index in [0.717, 1.165) is 44.8 Å². The fourth-order valence-electron chi connectivity index (χ4n) is 6.53. The van der Waals surface area contributed by atoms with Crippen LogP contribution in [-0.4, -0.2) is 9.55 Å². The van der Waals surface area contributed by atoms with Crippen LogP contribution in [0.1, 0.15) is 0 Å². The molecular weight excluding hydrogens is 526 g/mol. The van der Waals surface area contributed by atoms with Crippen LogP contribution in [0.3, 0.4) is 0 Å². The van der Waals surface area contributed by atoms with Crippen molar-refractivity contribution in [2.75, 3.05) is 4.90 Å². The zero-order valence-corrected chi connectivity index (χ0v) is 23.2. The molecule has 0 radical (unpaired) electrons. The average molecular weight is 552 g/mol. The van der Waals surface area contributed by atoms with E-state index in [1.807, 2.05) is 24.4 Å². The maximum Gasteiger partial charge on any atom is 0.161 e. The first kappa shape index (κ1) is 23.8. The summed E-state index contributed by atoms with van der Waals surface area (Å²) in [4.78, 5) is 6.87. The molecule has 0 fully saturated rings.